The van der Waals surface area contributed by atoms with E-state index in [4.69, 9.17) is 0 Å². The molecule has 1 unspecified atom stereocenters. The molecule has 29 heavy (non-hydrogen) atoms. The van der Waals surface area contributed by atoms with Gasteiger partial charge in [0.25, 0.3) is 11.8 Å². The summed E-state index contributed by atoms with van der Waals surface area (Å²) in [5, 5.41) is 2.65. The summed E-state index contributed by atoms with van der Waals surface area (Å²) in [6.45, 7) is 6.71. The molecule has 0 radical (unpaired) electrons. The molecule has 154 valence electrons. The number of nitrogens with zero attached hydrogens (tertiary/aromatic N) is 4. The lowest BCUT2D eigenvalue weighted by atomic mass is 10.1. The molecule has 1 saturated heterocycles. The number of thioether (sulfide) groups is 1. The van der Waals surface area contributed by atoms with Gasteiger partial charge in [-0.15, -0.1) is 11.3 Å². The summed E-state index contributed by atoms with van der Waals surface area (Å²) in [6.07, 6.45) is 5.06. The number of carbonyl (C=O) groups excluding carboxylic acids is 2. The highest BCUT2D eigenvalue weighted by atomic mass is 32.2. The van der Waals surface area contributed by atoms with Gasteiger partial charge in [0.1, 0.15) is 5.01 Å². The van der Waals surface area contributed by atoms with Crippen LogP contribution in [-0.2, 0) is 0 Å². The number of benzene rings is 1. The SMILES string of the molecule is CSCCCN1CCN(c2cccc3c2C(=O)N(C(C)c2nccs2)C3=O)CC1. The topological polar surface area (TPSA) is 56.8 Å². The molecule has 6 nitrogen and oxygen atoms in total. The lowest BCUT2D eigenvalue weighted by molar-refractivity contribution is 0.0595. The smallest absolute Gasteiger partial charge is 0.264 e. The van der Waals surface area contributed by atoms with E-state index in [1.807, 2.05) is 36.2 Å². The highest BCUT2D eigenvalue weighted by Gasteiger charge is 2.42. The zero-order valence-corrected chi connectivity index (χ0v) is 18.5. The number of thiazole rings is 1. The first-order chi connectivity index (χ1) is 14.1. The molecule has 8 heteroatoms. The molecular weight excluding hydrogens is 404 g/mol. The third kappa shape index (κ3) is 3.93. The fourth-order valence-corrected chi connectivity index (χ4v) is 5.20. The molecule has 0 N–H and O–H groups in total. The molecule has 1 aromatic heterocycles. The van der Waals surface area contributed by atoms with Crippen molar-refractivity contribution in [1.29, 1.82) is 0 Å². The van der Waals surface area contributed by atoms with E-state index >= 15 is 0 Å². The summed E-state index contributed by atoms with van der Waals surface area (Å²) in [4.78, 5) is 36.7. The molecule has 1 fully saturated rings. The van der Waals surface area contributed by atoms with Gasteiger partial charge in [-0.1, -0.05) is 6.07 Å². The predicted octanol–water partition coefficient (Wildman–Crippen LogP) is 3.38. The van der Waals surface area contributed by atoms with E-state index in [9.17, 15) is 9.59 Å². The van der Waals surface area contributed by atoms with Gasteiger partial charge in [0, 0.05) is 37.8 Å². The van der Waals surface area contributed by atoms with Crippen molar-refractivity contribution in [2.24, 2.45) is 0 Å². The minimum Gasteiger partial charge on any atom is -0.368 e. The van der Waals surface area contributed by atoms with E-state index in [1.165, 1.54) is 28.4 Å². The van der Waals surface area contributed by atoms with Gasteiger partial charge in [0.2, 0.25) is 0 Å². The van der Waals surface area contributed by atoms with E-state index in [2.05, 4.69) is 21.0 Å². The molecule has 4 rings (SSSR count). The fourth-order valence-electron chi connectivity index (χ4n) is 4.10. The molecule has 0 bridgehead atoms. The Morgan fingerprint density at radius 1 is 1.17 bits per heavy atom. The van der Waals surface area contributed by atoms with Crippen molar-refractivity contribution >= 4 is 40.6 Å². The van der Waals surface area contributed by atoms with Gasteiger partial charge in [-0.25, -0.2) is 4.98 Å². The minimum atomic E-state index is -0.358. The Labute approximate surface area is 179 Å². The Hall–Kier alpha value is -1.90. The molecule has 2 aromatic rings. The Balaban J connectivity index is 1.52. The monoisotopic (exact) mass is 430 g/mol. The third-order valence-electron chi connectivity index (χ3n) is 5.66. The summed E-state index contributed by atoms with van der Waals surface area (Å²) in [5.41, 5.74) is 1.95. The molecule has 2 aliphatic heterocycles. The average Bonchev–Trinajstić information content (AvgIpc) is 3.36. The molecule has 0 aliphatic carbocycles. The van der Waals surface area contributed by atoms with Crippen LogP contribution in [0.2, 0.25) is 0 Å². The van der Waals surface area contributed by atoms with Gasteiger partial charge < -0.3 is 4.90 Å². The number of anilines is 1. The van der Waals surface area contributed by atoms with Gasteiger partial charge in [0.05, 0.1) is 22.9 Å². The van der Waals surface area contributed by atoms with Crippen LogP contribution >= 0.6 is 23.1 Å². The molecule has 1 aromatic carbocycles. The molecule has 2 amide bonds. The van der Waals surface area contributed by atoms with Crippen LogP contribution in [0.4, 0.5) is 5.69 Å². The van der Waals surface area contributed by atoms with E-state index in [-0.39, 0.29) is 17.9 Å². The van der Waals surface area contributed by atoms with Gasteiger partial charge in [0.15, 0.2) is 0 Å². The minimum absolute atomic E-state index is 0.203. The maximum Gasteiger partial charge on any atom is 0.264 e. The van der Waals surface area contributed by atoms with E-state index in [1.54, 1.807) is 12.3 Å². The first-order valence-corrected chi connectivity index (χ1v) is 12.3. The van der Waals surface area contributed by atoms with Crippen molar-refractivity contribution < 1.29 is 9.59 Å². The Morgan fingerprint density at radius 2 is 1.97 bits per heavy atom. The molecular formula is C21H26N4O2S2. The summed E-state index contributed by atoms with van der Waals surface area (Å²) in [7, 11) is 0. The summed E-state index contributed by atoms with van der Waals surface area (Å²) in [5.74, 6) is 0.770. The quantitative estimate of drug-likeness (QED) is 0.496. The highest BCUT2D eigenvalue weighted by Crippen LogP contribution is 2.37. The van der Waals surface area contributed by atoms with E-state index < -0.39 is 0 Å². The van der Waals surface area contributed by atoms with Crippen molar-refractivity contribution in [3.63, 3.8) is 0 Å². The summed E-state index contributed by atoms with van der Waals surface area (Å²) in [6, 6.07) is 5.28. The molecule has 2 aliphatic rings. The number of rotatable bonds is 7. The van der Waals surface area contributed by atoms with Crippen molar-refractivity contribution in [3.8, 4) is 0 Å². The fraction of sp³-hybridized carbons (Fsp3) is 0.476. The van der Waals surface area contributed by atoms with Crippen molar-refractivity contribution in [3.05, 3.63) is 45.9 Å². The van der Waals surface area contributed by atoms with Crippen LogP contribution in [0, 0.1) is 0 Å². The van der Waals surface area contributed by atoms with Gasteiger partial charge in [-0.3, -0.25) is 19.4 Å². The third-order valence-corrected chi connectivity index (χ3v) is 7.30. The normalized spacial score (nSPS) is 18.4. The first-order valence-electron chi connectivity index (χ1n) is 9.98. The number of amides is 2. The zero-order valence-electron chi connectivity index (χ0n) is 16.8. The van der Waals surface area contributed by atoms with Crippen LogP contribution in [0.25, 0.3) is 0 Å². The van der Waals surface area contributed by atoms with Crippen LogP contribution < -0.4 is 4.90 Å². The average molecular weight is 431 g/mol. The lowest BCUT2D eigenvalue weighted by Crippen LogP contribution is -2.47. The Kier molecular flexibility index (Phi) is 6.22. The molecule has 1 atom stereocenters. The molecule has 0 spiro atoms. The number of carbonyl (C=O) groups is 2. The standard InChI is InChI=1S/C21H26N4O2S2/c1-15(19-22-7-14-29-19)25-20(26)16-5-3-6-17(18(16)21(25)27)24-11-9-23(10-12-24)8-4-13-28-2/h3,5-7,14-15H,4,8-13H2,1-2H3. The lowest BCUT2D eigenvalue weighted by Gasteiger charge is -2.36. The van der Waals surface area contributed by atoms with Crippen LogP contribution in [-0.4, -0.2) is 71.3 Å². The second-order valence-electron chi connectivity index (χ2n) is 7.40. The Bertz CT molecular complexity index is 879. The molecule has 0 saturated carbocycles. The first kappa shape index (κ1) is 20.4. The number of hydrogen-bond donors (Lipinski definition) is 0. The van der Waals surface area contributed by atoms with E-state index in [0.29, 0.717) is 11.1 Å². The van der Waals surface area contributed by atoms with Gasteiger partial charge in [-0.2, -0.15) is 11.8 Å². The Morgan fingerprint density at radius 3 is 2.66 bits per heavy atom. The number of hydrogen-bond acceptors (Lipinski definition) is 7. The summed E-state index contributed by atoms with van der Waals surface area (Å²) < 4.78 is 0. The van der Waals surface area contributed by atoms with Crippen LogP contribution in [0.1, 0.15) is 45.1 Å². The van der Waals surface area contributed by atoms with E-state index in [0.717, 1.165) is 43.4 Å². The predicted molar refractivity (Wildman–Crippen MR) is 119 cm³/mol. The van der Waals surface area contributed by atoms with Crippen molar-refractivity contribution in [2.45, 2.75) is 19.4 Å². The molecule has 3 heterocycles. The summed E-state index contributed by atoms with van der Waals surface area (Å²) >= 11 is 3.35. The largest absolute Gasteiger partial charge is 0.368 e. The number of fused-ring (bicyclic) bond motifs is 1. The second-order valence-corrected chi connectivity index (χ2v) is 9.31. The van der Waals surface area contributed by atoms with Crippen molar-refractivity contribution in [2.75, 3.05) is 49.6 Å². The van der Waals surface area contributed by atoms with Crippen LogP contribution in [0.15, 0.2) is 29.8 Å². The highest BCUT2D eigenvalue weighted by molar-refractivity contribution is 7.98. The zero-order chi connectivity index (χ0) is 20.4. The second kappa shape index (κ2) is 8.85. The van der Waals surface area contributed by atoms with Crippen LogP contribution in [0.5, 0.6) is 0 Å². The maximum absolute atomic E-state index is 13.3. The number of aromatic nitrogens is 1. The maximum atomic E-state index is 13.3. The van der Waals surface area contributed by atoms with Gasteiger partial charge in [-0.05, 0) is 44.0 Å². The van der Waals surface area contributed by atoms with Gasteiger partial charge >= 0.3 is 0 Å². The van der Waals surface area contributed by atoms with Crippen LogP contribution in [0.3, 0.4) is 0 Å². The number of piperazine rings is 1. The number of imide groups is 1. The van der Waals surface area contributed by atoms with Crippen molar-refractivity contribution in [1.82, 2.24) is 14.8 Å².